The fourth-order valence-corrected chi connectivity index (χ4v) is 1.28. The Kier molecular flexibility index (Phi) is 3.37. The van der Waals surface area contributed by atoms with E-state index in [0.717, 1.165) is 0 Å². The molecule has 5 heteroatoms. The van der Waals surface area contributed by atoms with E-state index in [4.69, 9.17) is 10.4 Å². The van der Waals surface area contributed by atoms with Crippen molar-refractivity contribution in [2.24, 2.45) is 0 Å². The maximum absolute atomic E-state index is 10.4. The lowest BCUT2D eigenvalue weighted by atomic mass is 10.0. The van der Waals surface area contributed by atoms with Gasteiger partial charge in [-0.05, 0) is 18.9 Å². The van der Waals surface area contributed by atoms with Gasteiger partial charge in [0.05, 0.1) is 22.7 Å². The van der Waals surface area contributed by atoms with Crippen LogP contribution in [-0.4, -0.2) is 16.1 Å². The van der Waals surface area contributed by atoms with Gasteiger partial charge in [-0.2, -0.15) is 5.26 Å². The molecule has 0 heterocycles. The van der Waals surface area contributed by atoms with Crippen molar-refractivity contribution in [3.8, 4) is 6.07 Å². The van der Waals surface area contributed by atoms with E-state index >= 15 is 0 Å². The molecule has 0 radical (unpaired) electrons. The third kappa shape index (κ3) is 2.76. The fraction of sp³-hybridized carbons (Fsp3) is 0.300. The number of nitro groups is 1. The van der Waals surface area contributed by atoms with Crippen molar-refractivity contribution in [1.29, 1.82) is 5.26 Å². The van der Waals surface area contributed by atoms with Crippen LogP contribution in [0.3, 0.4) is 0 Å². The first-order chi connectivity index (χ1) is 7.04. The summed E-state index contributed by atoms with van der Waals surface area (Å²) in [5, 5.41) is 28.4. The van der Waals surface area contributed by atoms with Crippen LogP contribution in [0.5, 0.6) is 0 Å². The Balaban J connectivity index is 3.11. The van der Waals surface area contributed by atoms with Crippen LogP contribution in [0.25, 0.3) is 0 Å². The van der Waals surface area contributed by atoms with E-state index < -0.39 is 11.0 Å². The maximum atomic E-state index is 10.4. The van der Waals surface area contributed by atoms with E-state index in [2.05, 4.69) is 0 Å². The lowest BCUT2D eigenvalue weighted by molar-refractivity contribution is -0.384. The molecule has 1 rings (SSSR count). The summed E-state index contributed by atoms with van der Waals surface area (Å²) < 4.78 is 0. The summed E-state index contributed by atoms with van der Waals surface area (Å²) in [5.41, 5.74) is 0.754. The van der Waals surface area contributed by atoms with Crippen LogP contribution in [-0.2, 0) is 6.42 Å². The molecule has 0 spiro atoms. The second-order valence-corrected chi connectivity index (χ2v) is 3.26. The summed E-state index contributed by atoms with van der Waals surface area (Å²) in [5.74, 6) is 0. The van der Waals surface area contributed by atoms with Crippen molar-refractivity contribution in [1.82, 2.24) is 0 Å². The Morgan fingerprint density at radius 2 is 2.33 bits per heavy atom. The number of aliphatic hydroxyl groups excluding tert-OH is 1. The molecule has 1 atom stereocenters. The highest BCUT2D eigenvalue weighted by molar-refractivity contribution is 5.46. The minimum absolute atomic E-state index is 0.110. The molecule has 0 amide bonds. The summed E-state index contributed by atoms with van der Waals surface area (Å²) in [6.45, 7) is 1.60. The fourth-order valence-electron chi connectivity index (χ4n) is 1.28. The predicted octanol–water partition coefficient (Wildman–Crippen LogP) is 1.39. The Morgan fingerprint density at radius 1 is 1.67 bits per heavy atom. The minimum Gasteiger partial charge on any atom is -0.393 e. The maximum Gasteiger partial charge on any atom is 0.270 e. The second-order valence-electron chi connectivity index (χ2n) is 3.26. The van der Waals surface area contributed by atoms with E-state index in [1.165, 1.54) is 18.2 Å². The molecule has 0 aliphatic carbocycles. The largest absolute Gasteiger partial charge is 0.393 e. The van der Waals surface area contributed by atoms with Crippen LogP contribution in [0.15, 0.2) is 18.2 Å². The number of nitro benzene ring substituents is 1. The van der Waals surface area contributed by atoms with Gasteiger partial charge in [0, 0.05) is 12.1 Å². The summed E-state index contributed by atoms with van der Waals surface area (Å²) in [6, 6.07) is 5.94. The van der Waals surface area contributed by atoms with Crippen LogP contribution in [0, 0.1) is 21.4 Å². The number of hydrogen-bond acceptors (Lipinski definition) is 4. The minimum atomic E-state index is -0.571. The second kappa shape index (κ2) is 4.53. The first-order valence-electron chi connectivity index (χ1n) is 4.40. The summed E-state index contributed by atoms with van der Waals surface area (Å²) in [7, 11) is 0. The zero-order valence-corrected chi connectivity index (χ0v) is 8.17. The normalized spacial score (nSPS) is 11.8. The van der Waals surface area contributed by atoms with Gasteiger partial charge >= 0.3 is 0 Å². The zero-order chi connectivity index (χ0) is 11.4. The van der Waals surface area contributed by atoms with Crippen LogP contribution in [0.1, 0.15) is 18.1 Å². The zero-order valence-electron chi connectivity index (χ0n) is 8.17. The van der Waals surface area contributed by atoms with Crippen LogP contribution in [0.4, 0.5) is 5.69 Å². The SMILES string of the molecule is CC(O)Cc1ccc([N+](=O)[O-])cc1C#N. The number of hydrogen-bond donors (Lipinski definition) is 1. The highest BCUT2D eigenvalue weighted by Gasteiger charge is 2.11. The summed E-state index contributed by atoms with van der Waals surface area (Å²) in [4.78, 5) is 9.90. The van der Waals surface area contributed by atoms with Crippen molar-refractivity contribution in [3.63, 3.8) is 0 Å². The highest BCUT2D eigenvalue weighted by Crippen LogP contribution is 2.18. The molecule has 0 fully saturated rings. The molecule has 78 valence electrons. The summed E-state index contributed by atoms with van der Waals surface area (Å²) >= 11 is 0. The van der Waals surface area contributed by atoms with Crippen LogP contribution in [0.2, 0.25) is 0 Å². The van der Waals surface area contributed by atoms with Crippen molar-refractivity contribution < 1.29 is 10.0 Å². The number of aliphatic hydroxyl groups is 1. The van der Waals surface area contributed by atoms with Gasteiger partial charge in [0.25, 0.3) is 5.69 Å². The molecule has 1 aromatic rings. The van der Waals surface area contributed by atoms with Crippen molar-refractivity contribution in [2.45, 2.75) is 19.4 Å². The quantitative estimate of drug-likeness (QED) is 0.598. The number of nitriles is 1. The molecule has 0 saturated carbocycles. The third-order valence-corrected chi connectivity index (χ3v) is 1.94. The molecule has 0 aromatic heterocycles. The van der Waals surface area contributed by atoms with Gasteiger partial charge < -0.3 is 5.11 Å². The van der Waals surface area contributed by atoms with E-state index in [-0.39, 0.29) is 11.3 Å². The Labute approximate surface area is 86.7 Å². The molecule has 1 aromatic carbocycles. The third-order valence-electron chi connectivity index (χ3n) is 1.94. The predicted molar refractivity (Wildman–Crippen MR) is 53.2 cm³/mol. The van der Waals surface area contributed by atoms with Gasteiger partial charge in [0.15, 0.2) is 0 Å². The number of rotatable bonds is 3. The summed E-state index contributed by atoms with van der Waals surface area (Å²) in [6.07, 6.45) is -0.250. The smallest absolute Gasteiger partial charge is 0.270 e. The molecule has 1 N–H and O–H groups in total. The molecule has 15 heavy (non-hydrogen) atoms. The molecular weight excluding hydrogens is 196 g/mol. The molecular formula is C10H10N2O3. The van der Waals surface area contributed by atoms with Crippen LogP contribution < -0.4 is 0 Å². The standard InChI is InChI=1S/C10H10N2O3/c1-7(13)4-8-2-3-10(12(14)15)5-9(8)6-11/h2-3,5,7,13H,4H2,1H3. The average Bonchev–Trinajstić information content (AvgIpc) is 2.17. The molecule has 1 unspecified atom stereocenters. The Morgan fingerprint density at radius 3 is 2.80 bits per heavy atom. The molecule has 0 aliphatic heterocycles. The first-order valence-corrected chi connectivity index (χ1v) is 4.40. The van der Waals surface area contributed by atoms with Crippen molar-refractivity contribution >= 4 is 5.69 Å². The number of benzene rings is 1. The van der Waals surface area contributed by atoms with Gasteiger partial charge in [0.2, 0.25) is 0 Å². The van der Waals surface area contributed by atoms with E-state index in [0.29, 0.717) is 12.0 Å². The number of non-ortho nitro benzene ring substituents is 1. The van der Waals surface area contributed by atoms with E-state index in [1.54, 1.807) is 6.92 Å². The lowest BCUT2D eigenvalue weighted by Gasteiger charge is -2.05. The first kappa shape index (κ1) is 11.1. The topological polar surface area (TPSA) is 87.2 Å². The molecule has 5 nitrogen and oxygen atoms in total. The monoisotopic (exact) mass is 206 g/mol. The van der Waals surface area contributed by atoms with Gasteiger partial charge in [-0.3, -0.25) is 10.1 Å². The van der Waals surface area contributed by atoms with Crippen LogP contribution >= 0.6 is 0 Å². The molecule has 0 bridgehead atoms. The molecule has 0 saturated heterocycles. The van der Waals surface area contributed by atoms with Crippen molar-refractivity contribution in [2.75, 3.05) is 0 Å². The van der Waals surface area contributed by atoms with Crippen molar-refractivity contribution in [3.05, 3.63) is 39.4 Å². The number of nitrogens with zero attached hydrogens (tertiary/aromatic N) is 2. The highest BCUT2D eigenvalue weighted by atomic mass is 16.6. The van der Waals surface area contributed by atoms with E-state index in [9.17, 15) is 10.1 Å². The van der Waals surface area contributed by atoms with Gasteiger partial charge in [-0.25, -0.2) is 0 Å². The Hall–Kier alpha value is -1.93. The van der Waals surface area contributed by atoms with Gasteiger partial charge in [0.1, 0.15) is 0 Å². The van der Waals surface area contributed by atoms with E-state index in [1.807, 2.05) is 6.07 Å². The molecule has 0 aliphatic rings. The van der Waals surface area contributed by atoms with Gasteiger partial charge in [-0.15, -0.1) is 0 Å². The Bertz CT molecular complexity index is 421. The van der Waals surface area contributed by atoms with Gasteiger partial charge in [-0.1, -0.05) is 6.07 Å². The average molecular weight is 206 g/mol. The lowest BCUT2D eigenvalue weighted by Crippen LogP contribution is -2.06.